The molecule has 0 atom stereocenters. The molecule has 0 unspecified atom stereocenters. The van der Waals surface area contributed by atoms with Crippen LogP contribution in [0.15, 0.2) is 30.5 Å². The fourth-order valence-electron chi connectivity index (χ4n) is 2.37. The van der Waals surface area contributed by atoms with E-state index >= 15 is 0 Å². The summed E-state index contributed by atoms with van der Waals surface area (Å²) in [6.07, 6.45) is 2.15. The van der Waals surface area contributed by atoms with Crippen molar-refractivity contribution in [2.75, 3.05) is 0 Å². The van der Waals surface area contributed by atoms with Crippen LogP contribution in [-0.4, -0.2) is 9.55 Å². The van der Waals surface area contributed by atoms with E-state index in [4.69, 9.17) is 5.73 Å². The zero-order valence-electron chi connectivity index (χ0n) is 11.2. The van der Waals surface area contributed by atoms with Crippen LogP contribution in [0.2, 0.25) is 0 Å². The fraction of sp³-hybridized carbons (Fsp3) is 0.267. The molecule has 0 amide bonds. The number of thiazole rings is 1. The first-order valence-corrected chi connectivity index (χ1v) is 7.20. The van der Waals surface area contributed by atoms with E-state index in [1.165, 1.54) is 21.3 Å². The van der Waals surface area contributed by atoms with Crippen LogP contribution < -0.4 is 5.73 Å². The number of aromatic nitrogens is 2. The third kappa shape index (κ3) is 2.17. The average Bonchev–Trinajstić information content (AvgIpc) is 2.92. The monoisotopic (exact) mass is 271 g/mol. The highest BCUT2D eigenvalue weighted by molar-refractivity contribution is 7.11. The van der Waals surface area contributed by atoms with Crippen LogP contribution in [-0.2, 0) is 13.1 Å². The van der Waals surface area contributed by atoms with Gasteiger partial charge in [0.25, 0.3) is 0 Å². The molecule has 3 aromatic rings. The smallest absolute Gasteiger partial charge is 0.113 e. The molecular weight excluding hydrogens is 254 g/mol. The minimum absolute atomic E-state index is 0.573. The Morgan fingerprint density at radius 3 is 2.74 bits per heavy atom. The first kappa shape index (κ1) is 12.4. The molecule has 19 heavy (non-hydrogen) atoms. The largest absolute Gasteiger partial charge is 0.340 e. The molecule has 3 rings (SSSR count). The molecule has 0 spiro atoms. The normalized spacial score (nSPS) is 11.3. The Morgan fingerprint density at radius 2 is 2.05 bits per heavy atom. The van der Waals surface area contributed by atoms with Gasteiger partial charge in [0, 0.05) is 28.5 Å². The van der Waals surface area contributed by atoms with Gasteiger partial charge in [0.15, 0.2) is 0 Å². The molecule has 2 N–H and O–H groups in total. The number of benzene rings is 1. The van der Waals surface area contributed by atoms with Crippen molar-refractivity contribution in [1.82, 2.24) is 9.55 Å². The summed E-state index contributed by atoms with van der Waals surface area (Å²) >= 11 is 1.77. The van der Waals surface area contributed by atoms with Gasteiger partial charge in [-0.1, -0.05) is 18.2 Å². The second-order valence-corrected chi connectivity index (χ2v) is 6.04. The molecule has 0 saturated carbocycles. The van der Waals surface area contributed by atoms with Crippen LogP contribution in [0, 0.1) is 13.8 Å². The van der Waals surface area contributed by atoms with Crippen LogP contribution >= 0.6 is 11.3 Å². The topological polar surface area (TPSA) is 43.8 Å². The summed E-state index contributed by atoms with van der Waals surface area (Å²) in [5.41, 5.74) is 9.38. The molecule has 0 saturated heterocycles. The van der Waals surface area contributed by atoms with Crippen LogP contribution in [0.5, 0.6) is 0 Å². The van der Waals surface area contributed by atoms with Crippen molar-refractivity contribution in [3.63, 3.8) is 0 Å². The van der Waals surface area contributed by atoms with E-state index in [1.807, 2.05) is 0 Å². The Balaban J connectivity index is 2.05. The number of hydrogen-bond acceptors (Lipinski definition) is 3. The van der Waals surface area contributed by atoms with Gasteiger partial charge in [0.05, 0.1) is 12.2 Å². The maximum Gasteiger partial charge on any atom is 0.113 e. The van der Waals surface area contributed by atoms with Crippen molar-refractivity contribution in [2.45, 2.75) is 26.9 Å². The lowest BCUT2D eigenvalue weighted by molar-refractivity contribution is 0.818. The van der Waals surface area contributed by atoms with E-state index in [2.05, 4.69) is 53.9 Å². The zero-order chi connectivity index (χ0) is 13.4. The average molecular weight is 271 g/mol. The third-order valence-electron chi connectivity index (χ3n) is 3.47. The second kappa shape index (κ2) is 4.79. The minimum atomic E-state index is 0.573. The highest BCUT2D eigenvalue weighted by atomic mass is 32.1. The standard InChI is InChI=1S/C15H17N3S/c1-10-11(2)19-15(17-10)9-18-8-12(7-16)13-5-3-4-6-14(13)18/h3-6,8H,7,9,16H2,1-2H3. The Kier molecular flexibility index (Phi) is 3.12. The highest BCUT2D eigenvalue weighted by Crippen LogP contribution is 2.24. The van der Waals surface area contributed by atoms with Crippen molar-refractivity contribution in [3.05, 3.63) is 51.6 Å². The van der Waals surface area contributed by atoms with Gasteiger partial charge in [-0.3, -0.25) is 0 Å². The lowest BCUT2D eigenvalue weighted by Crippen LogP contribution is -1.98. The predicted octanol–water partition coefficient (Wildman–Crippen LogP) is 3.22. The van der Waals surface area contributed by atoms with E-state index in [1.54, 1.807) is 11.3 Å². The number of fused-ring (bicyclic) bond motifs is 1. The molecule has 0 aliphatic heterocycles. The molecule has 0 radical (unpaired) electrons. The molecule has 0 bridgehead atoms. The summed E-state index contributed by atoms with van der Waals surface area (Å²) in [6, 6.07) is 8.40. The molecular formula is C15H17N3S. The number of nitrogens with two attached hydrogens (primary N) is 1. The van der Waals surface area contributed by atoms with Gasteiger partial charge in [-0.25, -0.2) is 4.98 Å². The van der Waals surface area contributed by atoms with E-state index in [0.717, 1.165) is 17.2 Å². The van der Waals surface area contributed by atoms with Crippen molar-refractivity contribution in [1.29, 1.82) is 0 Å². The Bertz CT molecular complexity index is 705. The van der Waals surface area contributed by atoms with Gasteiger partial charge in [-0.15, -0.1) is 11.3 Å². The number of nitrogens with zero attached hydrogens (tertiary/aromatic N) is 2. The van der Waals surface area contributed by atoms with Gasteiger partial charge in [-0.2, -0.15) is 0 Å². The highest BCUT2D eigenvalue weighted by Gasteiger charge is 2.09. The number of rotatable bonds is 3. The summed E-state index contributed by atoms with van der Waals surface area (Å²) in [4.78, 5) is 5.91. The van der Waals surface area contributed by atoms with E-state index in [0.29, 0.717) is 6.54 Å². The Hall–Kier alpha value is -1.65. The maximum atomic E-state index is 5.82. The quantitative estimate of drug-likeness (QED) is 0.795. The van der Waals surface area contributed by atoms with Gasteiger partial charge >= 0.3 is 0 Å². The van der Waals surface area contributed by atoms with E-state index < -0.39 is 0 Å². The summed E-state index contributed by atoms with van der Waals surface area (Å²) in [6.45, 7) is 5.58. The molecule has 3 nitrogen and oxygen atoms in total. The molecule has 0 aliphatic rings. The molecule has 4 heteroatoms. The first-order valence-electron chi connectivity index (χ1n) is 6.38. The SMILES string of the molecule is Cc1nc(Cn2cc(CN)c3ccccc32)sc1C. The lowest BCUT2D eigenvalue weighted by Gasteiger charge is -2.01. The summed E-state index contributed by atoms with van der Waals surface area (Å²) in [5, 5.41) is 2.40. The summed E-state index contributed by atoms with van der Waals surface area (Å²) in [5.74, 6) is 0. The molecule has 0 aliphatic carbocycles. The molecule has 0 fully saturated rings. The molecule has 2 heterocycles. The third-order valence-corrected chi connectivity index (χ3v) is 4.53. The minimum Gasteiger partial charge on any atom is -0.340 e. The number of hydrogen-bond donors (Lipinski definition) is 1. The summed E-state index contributed by atoms with van der Waals surface area (Å²) in [7, 11) is 0. The van der Waals surface area contributed by atoms with Gasteiger partial charge in [0.1, 0.15) is 5.01 Å². The van der Waals surface area contributed by atoms with Crippen molar-refractivity contribution in [2.24, 2.45) is 5.73 Å². The fourth-order valence-corrected chi connectivity index (χ4v) is 3.30. The Morgan fingerprint density at radius 1 is 1.26 bits per heavy atom. The van der Waals surface area contributed by atoms with Crippen molar-refractivity contribution < 1.29 is 0 Å². The van der Waals surface area contributed by atoms with Gasteiger partial charge in [0.2, 0.25) is 0 Å². The first-order chi connectivity index (χ1) is 9.19. The van der Waals surface area contributed by atoms with Gasteiger partial charge < -0.3 is 10.3 Å². The Labute approximate surface area is 116 Å². The van der Waals surface area contributed by atoms with Crippen molar-refractivity contribution >= 4 is 22.2 Å². The maximum absolute atomic E-state index is 5.82. The molecule has 2 aromatic heterocycles. The molecule has 1 aromatic carbocycles. The number of para-hydroxylation sites is 1. The van der Waals surface area contributed by atoms with E-state index in [-0.39, 0.29) is 0 Å². The van der Waals surface area contributed by atoms with Crippen LogP contribution in [0.1, 0.15) is 21.1 Å². The molecule has 98 valence electrons. The lowest BCUT2D eigenvalue weighted by atomic mass is 10.2. The number of aryl methyl sites for hydroxylation is 2. The predicted molar refractivity (Wildman–Crippen MR) is 80.5 cm³/mol. The van der Waals surface area contributed by atoms with E-state index in [9.17, 15) is 0 Å². The van der Waals surface area contributed by atoms with Gasteiger partial charge in [-0.05, 0) is 25.5 Å². The van der Waals surface area contributed by atoms with Crippen molar-refractivity contribution in [3.8, 4) is 0 Å². The second-order valence-electron chi connectivity index (χ2n) is 4.75. The summed E-state index contributed by atoms with van der Waals surface area (Å²) < 4.78 is 2.25. The van der Waals surface area contributed by atoms with Crippen LogP contribution in [0.3, 0.4) is 0 Å². The zero-order valence-corrected chi connectivity index (χ0v) is 12.0. The van der Waals surface area contributed by atoms with Crippen LogP contribution in [0.4, 0.5) is 0 Å². The van der Waals surface area contributed by atoms with Crippen LogP contribution in [0.25, 0.3) is 10.9 Å².